The van der Waals surface area contributed by atoms with E-state index in [4.69, 9.17) is 9.47 Å². The number of esters is 2. The van der Waals surface area contributed by atoms with E-state index in [1.54, 1.807) is 0 Å². The van der Waals surface area contributed by atoms with Gasteiger partial charge < -0.3 is 9.47 Å². The minimum absolute atomic E-state index is 0.0507. The maximum absolute atomic E-state index is 11.6. The van der Waals surface area contributed by atoms with Crippen LogP contribution in [-0.4, -0.2) is 24.1 Å². The van der Waals surface area contributed by atoms with Gasteiger partial charge in [0.1, 0.15) is 12.2 Å². The quantitative estimate of drug-likeness (QED) is 0.788. The van der Waals surface area contributed by atoms with Gasteiger partial charge in [-0.15, -0.1) is 0 Å². The van der Waals surface area contributed by atoms with E-state index in [1.165, 1.54) is 19.4 Å². The molecule has 0 aromatic heterocycles. The Hall–Kier alpha value is -1.84. The molecule has 0 heterocycles. The molecule has 1 aromatic carbocycles. The highest BCUT2D eigenvalue weighted by Gasteiger charge is 2.45. The molecule has 0 radical (unpaired) electrons. The van der Waals surface area contributed by atoms with Crippen molar-refractivity contribution >= 4 is 11.9 Å². The third kappa shape index (κ3) is 2.87. The second-order valence-electron chi connectivity index (χ2n) is 6.34. The molecule has 4 atom stereocenters. The van der Waals surface area contributed by atoms with Crippen LogP contribution in [-0.2, 0) is 25.5 Å². The number of hydrogen-bond acceptors (Lipinski definition) is 4. The van der Waals surface area contributed by atoms with Crippen LogP contribution in [0.4, 0.5) is 0 Å². The van der Waals surface area contributed by atoms with Crippen molar-refractivity contribution in [1.82, 2.24) is 0 Å². The number of hydrogen-bond donors (Lipinski definition) is 0. The van der Waals surface area contributed by atoms with E-state index in [2.05, 4.69) is 12.1 Å². The Morgan fingerprint density at radius 3 is 2.50 bits per heavy atom. The third-order valence-corrected chi connectivity index (χ3v) is 4.80. The highest BCUT2D eigenvalue weighted by atomic mass is 16.6. The summed E-state index contributed by atoms with van der Waals surface area (Å²) in [5.41, 5.74) is 2.46. The van der Waals surface area contributed by atoms with Crippen molar-refractivity contribution in [3.05, 3.63) is 35.4 Å². The molecule has 2 bridgehead atoms. The summed E-state index contributed by atoms with van der Waals surface area (Å²) in [6.45, 7) is 2.89. The van der Waals surface area contributed by atoms with Gasteiger partial charge in [0.2, 0.25) is 0 Å². The zero-order valence-electron chi connectivity index (χ0n) is 13.1. The average molecular weight is 302 g/mol. The Morgan fingerprint density at radius 1 is 1.05 bits per heavy atom. The Kier molecular flexibility index (Phi) is 4.19. The summed E-state index contributed by atoms with van der Waals surface area (Å²) < 4.78 is 11.3. The van der Waals surface area contributed by atoms with Gasteiger partial charge in [0.25, 0.3) is 0 Å². The zero-order valence-corrected chi connectivity index (χ0v) is 13.1. The average Bonchev–Trinajstić information content (AvgIpc) is 2.55. The van der Waals surface area contributed by atoms with Crippen LogP contribution in [0.25, 0.3) is 0 Å². The van der Waals surface area contributed by atoms with E-state index in [0.29, 0.717) is 5.92 Å². The molecule has 118 valence electrons. The number of carbonyl (C=O) groups is 2. The Bertz CT molecular complexity index is 580. The Morgan fingerprint density at radius 2 is 1.77 bits per heavy atom. The number of ether oxygens (including phenoxy) is 2. The summed E-state index contributed by atoms with van der Waals surface area (Å²) in [5, 5.41) is 0. The summed E-state index contributed by atoms with van der Waals surface area (Å²) in [5.74, 6) is -0.273. The molecule has 22 heavy (non-hydrogen) atoms. The van der Waals surface area contributed by atoms with Crippen LogP contribution < -0.4 is 0 Å². The second-order valence-corrected chi connectivity index (χ2v) is 6.34. The lowest BCUT2D eigenvalue weighted by Crippen LogP contribution is -2.42. The number of fused-ring (bicyclic) bond motifs is 4. The number of benzene rings is 1. The van der Waals surface area contributed by atoms with Crippen LogP contribution in [0.1, 0.15) is 50.2 Å². The molecule has 0 N–H and O–H groups in total. The van der Waals surface area contributed by atoms with Crippen molar-refractivity contribution in [3.63, 3.8) is 0 Å². The van der Waals surface area contributed by atoms with Crippen molar-refractivity contribution in [2.24, 2.45) is 5.92 Å². The second kappa shape index (κ2) is 6.11. The fourth-order valence-electron chi connectivity index (χ4n) is 4.06. The Labute approximate surface area is 130 Å². The Balaban J connectivity index is 2.03. The van der Waals surface area contributed by atoms with E-state index < -0.39 is 0 Å². The zero-order chi connectivity index (χ0) is 15.7. The van der Waals surface area contributed by atoms with Crippen LogP contribution in [0.5, 0.6) is 0 Å². The lowest BCUT2D eigenvalue weighted by atomic mass is 9.73. The molecule has 2 aliphatic rings. The van der Waals surface area contributed by atoms with E-state index >= 15 is 0 Å². The topological polar surface area (TPSA) is 52.6 Å². The lowest BCUT2D eigenvalue weighted by molar-refractivity contribution is -0.157. The van der Waals surface area contributed by atoms with Gasteiger partial charge in [-0.1, -0.05) is 24.3 Å². The van der Waals surface area contributed by atoms with Gasteiger partial charge in [-0.05, 0) is 36.8 Å². The summed E-state index contributed by atoms with van der Waals surface area (Å²) in [6, 6.07) is 8.25. The number of carbonyl (C=O) groups excluding carboxylic acids is 2. The van der Waals surface area contributed by atoms with Crippen LogP contribution >= 0.6 is 0 Å². The van der Waals surface area contributed by atoms with Crippen LogP contribution in [0.3, 0.4) is 0 Å². The van der Waals surface area contributed by atoms with E-state index in [1.807, 2.05) is 12.1 Å². The first kappa shape index (κ1) is 15.1. The summed E-state index contributed by atoms with van der Waals surface area (Å²) in [4.78, 5) is 23.1. The predicted octanol–water partition coefficient (Wildman–Crippen LogP) is 2.99. The van der Waals surface area contributed by atoms with Crippen molar-refractivity contribution < 1.29 is 19.1 Å². The van der Waals surface area contributed by atoms with Crippen molar-refractivity contribution in [2.45, 2.75) is 57.7 Å². The highest BCUT2D eigenvalue weighted by molar-refractivity contribution is 5.67. The molecular formula is C18H22O4. The normalized spacial score (nSPS) is 29.9. The van der Waals surface area contributed by atoms with Crippen molar-refractivity contribution in [1.29, 1.82) is 0 Å². The third-order valence-electron chi connectivity index (χ3n) is 4.80. The standard InChI is InChI=1S/C18H22O4/c1-11(19)21-16-9-5-7-14-10-13-6-3-4-8-15(13)17(16)18(14)22-12(2)20/h3-4,6,8,14,16-18H,5,7,9-10H2,1-2H3/t14-,16+,17-,18-/m1/s1. The van der Waals surface area contributed by atoms with Gasteiger partial charge in [-0.2, -0.15) is 0 Å². The molecule has 1 aromatic rings. The highest BCUT2D eigenvalue weighted by Crippen LogP contribution is 2.45. The molecule has 2 aliphatic carbocycles. The predicted molar refractivity (Wildman–Crippen MR) is 81.3 cm³/mol. The first-order valence-electron chi connectivity index (χ1n) is 7.98. The summed E-state index contributed by atoms with van der Waals surface area (Å²) in [7, 11) is 0. The van der Waals surface area contributed by atoms with Crippen LogP contribution in [0.2, 0.25) is 0 Å². The first-order chi connectivity index (χ1) is 10.6. The van der Waals surface area contributed by atoms with Crippen molar-refractivity contribution in [2.75, 3.05) is 0 Å². The molecule has 1 fully saturated rings. The van der Waals surface area contributed by atoms with Gasteiger partial charge in [0.15, 0.2) is 0 Å². The molecule has 4 nitrogen and oxygen atoms in total. The SMILES string of the molecule is CC(=O)O[C@@H]1[C@@H]2CCC[C@H](OC(C)=O)[C@H]1c1ccccc1C2. The molecule has 0 saturated heterocycles. The smallest absolute Gasteiger partial charge is 0.302 e. The summed E-state index contributed by atoms with van der Waals surface area (Å²) in [6.07, 6.45) is 3.34. The molecule has 0 aliphatic heterocycles. The largest absolute Gasteiger partial charge is 0.462 e. The molecule has 0 unspecified atom stereocenters. The molecular weight excluding hydrogens is 280 g/mol. The molecule has 4 heteroatoms. The minimum atomic E-state index is -0.270. The first-order valence-corrected chi connectivity index (χ1v) is 7.98. The molecule has 3 rings (SSSR count). The lowest BCUT2D eigenvalue weighted by Gasteiger charge is -2.39. The van der Waals surface area contributed by atoms with E-state index in [-0.39, 0.29) is 30.1 Å². The van der Waals surface area contributed by atoms with Gasteiger partial charge in [0.05, 0.1) is 5.92 Å². The fraction of sp³-hybridized carbons (Fsp3) is 0.556. The van der Waals surface area contributed by atoms with Gasteiger partial charge >= 0.3 is 11.9 Å². The maximum atomic E-state index is 11.6. The van der Waals surface area contributed by atoms with Gasteiger partial charge in [-0.3, -0.25) is 9.59 Å². The molecule has 1 saturated carbocycles. The van der Waals surface area contributed by atoms with Gasteiger partial charge in [-0.25, -0.2) is 0 Å². The molecule has 0 amide bonds. The van der Waals surface area contributed by atoms with Gasteiger partial charge in [0, 0.05) is 19.8 Å². The maximum Gasteiger partial charge on any atom is 0.302 e. The van der Waals surface area contributed by atoms with E-state index in [0.717, 1.165) is 31.2 Å². The fourth-order valence-corrected chi connectivity index (χ4v) is 4.06. The summed E-state index contributed by atoms with van der Waals surface area (Å²) >= 11 is 0. The van der Waals surface area contributed by atoms with Crippen molar-refractivity contribution in [3.8, 4) is 0 Å². The minimum Gasteiger partial charge on any atom is -0.462 e. The van der Waals surface area contributed by atoms with Crippen LogP contribution in [0, 0.1) is 5.92 Å². The number of rotatable bonds is 2. The molecule has 0 spiro atoms. The van der Waals surface area contributed by atoms with Crippen LogP contribution in [0.15, 0.2) is 24.3 Å². The monoisotopic (exact) mass is 302 g/mol. The van der Waals surface area contributed by atoms with E-state index in [9.17, 15) is 9.59 Å².